The second kappa shape index (κ2) is 15.4. The Bertz CT molecular complexity index is 594. The third-order valence-corrected chi connectivity index (χ3v) is 5.16. The van der Waals surface area contributed by atoms with Gasteiger partial charge in [-0.3, -0.25) is 9.87 Å². The van der Waals surface area contributed by atoms with Crippen LogP contribution in [-0.4, -0.2) is 41.1 Å². The number of carbonyl (C=O) groups excluding carboxylic acids is 2. The summed E-state index contributed by atoms with van der Waals surface area (Å²) in [5, 5.41) is 22.0. The van der Waals surface area contributed by atoms with Crippen molar-refractivity contribution in [3.05, 3.63) is 12.3 Å². The van der Waals surface area contributed by atoms with Crippen molar-refractivity contribution in [3.8, 4) is 0 Å². The van der Waals surface area contributed by atoms with Gasteiger partial charge in [0.15, 0.2) is 0 Å². The van der Waals surface area contributed by atoms with E-state index < -0.39 is 39.6 Å². The van der Waals surface area contributed by atoms with Crippen LogP contribution < -0.4 is 40.0 Å². The predicted octanol–water partition coefficient (Wildman–Crippen LogP) is -2.16. The molecule has 0 aromatic rings. The zero-order valence-corrected chi connectivity index (χ0v) is 19.7. The Morgan fingerprint density at radius 2 is 1.71 bits per heavy atom. The van der Waals surface area contributed by atoms with E-state index in [-0.39, 0.29) is 29.6 Å². The number of allylic oxidation sites excluding steroid dienone is 1. The summed E-state index contributed by atoms with van der Waals surface area (Å²) in [6.45, 7) is 3.20. The first kappa shape index (κ1) is 29.7. The number of esters is 1. The first-order valence-corrected chi connectivity index (χ1v) is 10.5. The molecule has 0 aliphatic rings. The Balaban J connectivity index is 0. The van der Waals surface area contributed by atoms with E-state index in [4.69, 9.17) is 0 Å². The van der Waals surface area contributed by atoms with E-state index in [1.165, 1.54) is 25.3 Å². The van der Waals surface area contributed by atoms with Crippen molar-refractivity contribution in [2.75, 3.05) is 0 Å². The molecule has 0 spiro atoms. The van der Waals surface area contributed by atoms with Crippen molar-refractivity contribution < 1.29 is 67.1 Å². The van der Waals surface area contributed by atoms with Crippen molar-refractivity contribution in [2.45, 2.75) is 82.7 Å². The number of ether oxygens (including phenoxy) is 1. The Kier molecular flexibility index (Phi) is 16.3. The second-order valence-corrected chi connectivity index (χ2v) is 8.01. The van der Waals surface area contributed by atoms with Gasteiger partial charge in [0.05, 0.1) is 6.26 Å². The van der Waals surface area contributed by atoms with Crippen LogP contribution in [0.5, 0.6) is 0 Å². The molecule has 0 radical (unpaired) electrons. The quantitative estimate of drug-likeness (QED) is 0.0657. The fraction of sp³-hybridized carbons (Fsp3) is 0.765. The summed E-state index contributed by atoms with van der Waals surface area (Å²) in [5.74, 6) is -3.50. The summed E-state index contributed by atoms with van der Waals surface area (Å²) in [6, 6.07) is 0. The average molecular weight is 431 g/mol. The number of hydrogen-bond donors (Lipinski definition) is 3. The van der Waals surface area contributed by atoms with E-state index in [0.29, 0.717) is 6.42 Å². The Hall–Kier alpha value is -0.490. The van der Waals surface area contributed by atoms with E-state index in [1.807, 2.05) is 5.32 Å². The summed E-state index contributed by atoms with van der Waals surface area (Å²) in [6.07, 6.45) is 7.72. The van der Waals surface area contributed by atoms with Crippen molar-refractivity contribution in [1.82, 2.24) is 5.32 Å². The Morgan fingerprint density at radius 1 is 1.18 bits per heavy atom. The summed E-state index contributed by atoms with van der Waals surface area (Å²) in [5.41, 5.74) is 0. The summed E-state index contributed by atoms with van der Waals surface area (Å²) < 4.78 is 37.2. The Morgan fingerprint density at radius 3 is 2.18 bits per heavy atom. The standard InChI is InChI=1S/C17H31NO8S.Na/c1-3-4-5-6-7-8-9-10-11-12-26-16(22)17(13-15(20)21,18-14(2)19)27(23,24)25;/h11-12,14,18-19H,3-10,13H2,1-2H3,(H,20,21)(H,23,24,25);/q;+1/p-1. The molecule has 0 aliphatic heterocycles. The molecule has 3 N–H and O–H groups in total. The second-order valence-electron chi connectivity index (χ2n) is 6.36. The van der Waals surface area contributed by atoms with Gasteiger partial charge in [0.2, 0.25) is 0 Å². The largest absolute Gasteiger partial charge is 1.00 e. The van der Waals surface area contributed by atoms with E-state index in [2.05, 4.69) is 11.7 Å². The molecule has 0 heterocycles. The molecule has 0 fully saturated rings. The number of carboxylic acid groups (broad SMARTS) is 1. The van der Waals surface area contributed by atoms with Gasteiger partial charge >= 0.3 is 35.5 Å². The molecular weight excluding hydrogens is 401 g/mol. The summed E-state index contributed by atoms with van der Waals surface area (Å²) >= 11 is 0. The molecule has 0 aromatic carbocycles. The maximum atomic E-state index is 12.1. The number of aliphatic carboxylic acids is 1. The molecule has 0 saturated heterocycles. The predicted molar refractivity (Wildman–Crippen MR) is 96.6 cm³/mol. The molecule has 0 rings (SSSR count). The Labute approximate surface area is 189 Å². The zero-order valence-electron chi connectivity index (χ0n) is 16.8. The van der Waals surface area contributed by atoms with Gasteiger partial charge in [-0.25, -0.2) is 4.79 Å². The third-order valence-electron chi connectivity index (χ3n) is 3.85. The molecule has 11 heteroatoms. The average Bonchev–Trinajstić information content (AvgIpc) is 2.53. The molecule has 2 atom stereocenters. The van der Waals surface area contributed by atoms with Crippen LogP contribution in [0.3, 0.4) is 0 Å². The van der Waals surface area contributed by atoms with Crippen LogP contribution in [0.25, 0.3) is 0 Å². The maximum absolute atomic E-state index is 12.1. The van der Waals surface area contributed by atoms with E-state index in [1.54, 1.807) is 0 Å². The molecule has 0 bridgehead atoms. The smallest absolute Gasteiger partial charge is 0.550 e. The molecule has 0 saturated carbocycles. The SMILES string of the molecule is CCCCCCCCCC=COC(=O)C(CC(=O)[O-])(NC(C)O)S(=O)(=O)O.[Na+]. The summed E-state index contributed by atoms with van der Waals surface area (Å²) in [7, 11) is -5.28. The topological polar surface area (TPSA) is 153 Å². The van der Waals surface area contributed by atoms with Crippen LogP contribution in [0.4, 0.5) is 0 Å². The van der Waals surface area contributed by atoms with E-state index in [9.17, 15) is 32.8 Å². The summed E-state index contributed by atoms with van der Waals surface area (Å²) in [4.78, 5) is 19.9. The zero-order chi connectivity index (χ0) is 20.9. The fourth-order valence-corrected chi connectivity index (χ4v) is 3.36. The minimum absolute atomic E-state index is 0. The molecular formula is C17H30NNaO8S. The molecule has 0 amide bonds. The number of aliphatic hydroxyl groups is 1. The molecule has 0 aliphatic carbocycles. The molecule has 0 aromatic heterocycles. The van der Waals surface area contributed by atoms with E-state index >= 15 is 0 Å². The van der Waals surface area contributed by atoms with Gasteiger partial charge in [0.25, 0.3) is 15.0 Å². The number of aliphatic hydroxyl groups excluding tert-OH is 1. The molecule has 158 valence electrons. The fourth-order valence-electron chi connectivity index (χ4n) is 2.49. The van der Waals surface area contributed by atoms with Gasteiger partial charge in [-0.2, -0.15) is 8.42 Å². The van der Waals surface area contributed by atoms with Crippen molar-refractivity contribution in [2.24, 2.45) is 0 Å². The molecule has 28 heavy (non-hydrogen) atoms. The van der Waals surface area contributed by atoms with Crippen LogP contribution in [0.15, 0.2) is 12.3 Å². The van der Waals surface area contributed by atoms with Crippen LogP contribution in [0.1, 0.15) is 71.6 Å². The van der Waals surface area contributed by atoms with Gasteiger partial charge in [0, 0.05) is 12.4 Å². The monoisotopic (exact) mass is 431 g/mol. The maximum Gasteiger partial charge on any atom is 1.00 e. The third kappa shape index (κ3) is 11.5. The van der Waals surface area contributed by atoms with Crippen molar-refractivity contribution >= 4 is 22.1 Å². The van der Waals surface area contributed by atoms with Crippen molar-refractivity contribution in [3.63, 3.8) is 0 Å². The number of rotatable bonds is 15. The molecule has 2 unspecified atom stereocenters. The van der Waals surface area contributed by atoms with Crippen LogP contribution >= 0.6 is 0 Å². The van der Waals surface area contributed by atoms with Crippen LogP contribution in [-0.2, 0) is 24.4 Å². The van der Waals surface area contributed by atoms with Crippen LogP contribution in [0, 0.1) is 0 Å². The van der Waals surface area contributed by atoms with Gasteiger partial charge in [0.1, 0.15) is 6.23 Å². The van der Waals surface area contributed by atoms with Gasteiger partial charge in [-0.05, 0) is 25.8 Å². The van der Waals surface area contributed by atoms with Crippen molar-refractivity contribution in [1.29, 1.82) is 0 Å². The van der Waals surface area contributed by atoms with Gasteiger partial charge in [-0.15, -0.1) is 0 Å². The number of carboxylic acids is 1. The minimum Gasteiger partial charge on any atom is -0.550 e. The van der Waals surface area contributed by atoms with Gasteiger partial charge < -0.3 is 19.7 Å². The number of unbranched alkanes of at least 4 members (excludes halogenated alkanes) is 7. The number of carbonyl (C=O) groups is 2. The van der Waals surface area contributed by atoms with E-state index in [0.717, 1.165) is 38.9 Å². The molecule has 9 nitrogen and oxygen atoms in total. The van der Waals surface area contributed by atoms with Gasteiger partial charge in [-0.1, -0.05) is 45.4 Å². The number of hydrogen-bond acceptors (Lipinski definition) is 8. The normalized spacial score (nSPS) is 14.9. The first-order valence-electron chi connectivity index (χ1n) is 9.05. The minimum atomic E-state index is -5.28. The van der Waals surface area contributed by atoms with Crippen LogP contribution in [0.2, 0.25) is 0 Å². The first-order chi connectivity index (χ1) is 12.6. The number of nitrogens with one attached hydrogen (secondary N) is 1.